The average Bonchev–Trinajstić information content (AvgIpc) is 2.78. The van der Waals surface area contributed by atoms with E-state index >= 15 is 0 Å². The van der Waals surface area contributed by atoms with Gasteiger partial charge in [0.2, 0.25) is 11.8 Å². The molecule has 0 spiro atoms. The van der Waals surface area contributed by atoms with Gasteiger partial charge in [-0.1, -0.05) is 0 Å². The Labute approximate surface area is 89.2 Å². The Morgan fingerprint density at radius 1 is 1.60 bits per heavy atom. The predicted octanol–water partition coefficient (Wildman–Crippen LogP) is -1.06. The van der Waals surface area contributed by atoms with Crippen LogP contribution in [-0.2, 0) is 9.59 Å². The summed E-state index contributed by atoms with van der Waals surface area (Å²) in [7, 11) is 1.74. The van der Waals surface area contributed by atoms with Crippen molar-refractivity contribution in [3.05, 3.63) is 0 Å². The smallest absolute Gasteiger partial charge is 0.225 e. The van der Waals surface area contributed by atoms with Crippen molar-refractivity contribution in [3.63, 3.8) is 0 Å². The second-order valence-corrected chi connectivity index (χ2v) is 4.37. The Morgan fingerprint density at radius 2 is 2.40 bits per heavy atom. The van der Waals surface area contributed by atoms with Crippen molar-refractivity contribution < 1.29 is 9.59 Å². The maximum atomic E-state index is 11.8. The summed E-state index contributed by atoms with van der Waals surface area (Å²) in [6.07, 6.45) is 1.35. The highest BCUT2D eigenvalue weighted by molar-refractivity contribution is 5.89. The maximum Gasteiger partial charge on any atom is 0.225 e. The molecule has 2 atom stereocenters. The second-order valence-electron chi connectivity index (χ2n) is 4.37. The molecule has 2 N–H and O–H groups in total. The summed E-state index contributed by atoms with van der Waals surface area (Å²) in [5.74, 6) is -0.0517. The molecule has 2 saturated heterocycles. The number of likely N-dealkylation sites (tertiary alicyclic amines) is 1. The lowest BCUT2D eigenvalue weighted by molar-refractivity contribution is -0.128. The molecule has 2 amide bonds. The monoisotopic (exact) mass is 211 g/mol. The minimum atomic E-state index is -0.150. The van der Waals surface area contributed by atoms with Gasteiger partial charge in [0.25, 0.3) is 0 Å². The zero-order chi connectivity index (χ0) is 10.8. The molecule has 0 radical (unpaired) electrons. The van der Waals surface area contributed by atoms with Crippen molar-refractivity contribution in [2.24, 2.45) is 5.92 Å². The van der Waals surface area contributed by atoms with E-state index < -0.39 is 0 Å². The highest BCUT2D eigenvalue weighted by atomic mass is 16.2. The van der Waals surface area contributed by atoms with E-state index in [1.165, 1.54) is 0 Å². The topological polar surface area (TPSA) is 61.4 Å². The van der Waals surface area contributed by atoms with Crippen LogP contribution in [-0.4, -0.2) is 49.4 Å². The molecule has 2 aliphatic rings. The minimum absolute atomic E-state index is 0.0291. The zero-order valence-corrected chi connectivity index (χ0v) is 8.95. The largest absolute Gasteiger partial charge is 0.352 e. The van der Waals surface area contributed by atoms with Crippen LogP contribution in [0.5, 0.6) is 0 Å². The first kappa shape index (κ1) is 10.4. The quantitative estimate of drug-likeness (QED) is 0.612. The van der Waals surface area contributed by atoms with E-state index in [0.29, 0.717) is 13.0 Å². The molecule has 2 unspecified atom stereocenters. The van der Waals surface area contributed by atoms with Gasteiger partial charge < -0.3 is 15.5 Å². The van der Waals surface area contributed by atoms with Crippen molar-refractivity contribution in [2.45, 2.75) is 18.9 Å². The van der Waals surface area contributed by atoms with Crippen molar-refractivity contribution in [3.8, 4) is 0 Å². The van der Waals surface area contributed by atoms with E-state index in [9.17, 15) is 9.59 Å². The van der Waals surface area contributed by atoms with Gasteiger partial charge in [0.15, 0.2) is 0 Å². The minimum Gasteiger partial charge on any atom is -0.352 e. The van der Waals surface area contributed by atoms with Gasteiger partial charge in [0.05, 0.1) is 5.92 Å². The standard InChI is InChI=1S/C10H17N3O2/c1-13-6-7(4-9(13)14)10(15)12-8-2-3-11-5-8/h7-8,11H,2-6H2,1H3,(H,12,15). The molecule has 84 valence electrons. The van der Waals surface area contributed by atoms with E-state index in [4.69, 9.17) is 0 Å². The lowest BCUT2D eigenvalue weighted by Crippen LogP contribution is -2.40. The molecule has 15 heavy (non-hydrogen) atoms. The Hall–Kier alpha value is -1.10. The first-order chi connectivity index (χ1) is 7.16. The summed E-state index contributed by atoms with van der Waals surface area (Å²) in [5.41, 5.74) is 0. The SMILES string of the molecule is CN1CC(C(=O)NC2CCNC2)CC1=O. The average molecular weight is 211 g/mol. The number of carbonyl (C=O) groups is 2. The molecule has 5 nitrogen and oxygen atoms in total. The van der Waals surface area contributed by atoms with Crippen LogP contribution >= 0.6 is 0 Å². The Bertz CT molecular complexity index is 274. The van der Waals surface area contributed by atoms with Crippen molar-refractivity contribution in [1.82, 2.24) is 15.5 Å². The lowest BCUT2D eigenvalue weighted by atomic mass is 10.1. The number of carbonyl (C=O) groups excluding carboxylic acids is 2. The molecule has 0 aromatic carbocycles. The number of nitrogens with zero attached hydrogens (tertiary/aromatic N) is 1. The fourth-order valence-electron chi connectivity index (χ4n) is 2.14. The maximum absolute atomic E-state index is 11.8. The summed E-state index contributed by atoms with van der Waals surface area (Å²) in [5, 5.41) is 6.18. The molecular formula is C10H17N3O2. The van der Waals surface area contributed by atoms with Crippen LogP contribution in [0.15, 0.2) is 0 Å². The van der Waals surface area contributed by atoms with Gasteiger partial charge in [0, 0.05) is 32.6 Å². The lowest BCUT2D eigenvalue weighted by Gasteiger charge is -2.15. The number of hydrogen-bond donors (Lipinski definition) is 2. The molecule has 5 heteroatoms. The predicted molar refractivity (Wildman–Crippen MR) is 55.2 cm³/mol. The highest BCUT2D eigenvalue weighted by Crippen LogP contribution is 2.16. The first-order valence-electron chi connectivity index (χ1n) is 5.42. The molecule has 2 rings (SSSR count). The van der Waals surface area contributed by atoms with Crippen LogP contribution in [0.2, 0.25) is 0 Å². The van der Waals surface area contributed by atoms with E-state index in [0.717, 1.165) is 19.5 Å². The van der Waals surface area contributed by atoms with Crippen molar-refractivity contribution in [2.75, 3.05) is 26.7 Å². The Morgan fingerprint density at radius 3 is 2.93 bits per heavy atom. The van der Waals surface area contributed by atoms with Crippen LogP contribution < -0.4 is 10.6 Å². The van der Waals surface area contributed by atoms with Gasteiger partial charge in [-0.2, -0.15) is 0 Å². The number of rotatable bonds is 2. The van der Waals surface area contributed by atoms with Gasteiger partial charge in [-0.05, 0) is 13.0 Å². The molecule has 0 aromatic rings. The van der Waals surface area contributed by atoms with E-state index in [2.05, 4.69) is 10.6 Å². The van der Waals surface area contributed by atoms with Crippen molar-refractivity contribution >= 4 is 11.8 Å². The van der Waals surface area contributed by atoms with Gasteiger partial charge in [-0.3, -0.25) is 9.59 Å². The number of amides is 2. The van der Waals surface area contributed by atoms with E-state index in [-0.39, 0.29) is 23.8 Å². The molecule has 0 aromatic heterocycles. The Balaban J connectivity index is 1.83. The van der Waals surface area contributed by atoms with E-state index in [1.807, 2.05) is 0 Å². The van der Waals surface area contributed by atoms with Gasteiger partial charge in [0.1, 0.15) is 0 Å². The van der Waals surface area contributed by atoms with Crippen LogP contribution in [0, 0.1) is 5.92 Å². The fraction of sp³-hybridized carbons (Fsp3) is 0.800. The molecule has 2 aliphatic heterocycles. The van der Waals surface area contributed by atoms with Crippen LogP contribution in [0.3, 0.4) is 0 Å². The number of nitrogens with one attached hydrogen (secondary N) is 2. The van der Waals surface area contributed by atoms with Crippen LogP contribution in [0.4, 0.5) is 0 Å². The van der Waals surface area contributed by atoms with Crippen LogP contribution in [0.1, 0.15) is 12.8 Å². The zero-order valence-electron chi connectivity index (χ0n) is 8.95. The molecule has 2 fully saturated rings. The van der Waals surface area contributed by atoms with Gasteiger partial charge >= 0.3 is 0 Å². The normalized spacial score (nSPS) is 31.0. The van der Waals surface area contributed by atoms with Gasteiger partial charge in [-0.25, -0.2) is 0 Å². The third kappa shape index (κ3) is 2.28. The van der Waals surface area contributed by atoms with Gasteiger partial charge in [-0.15, -0.1) is 0 Å². The summed E-state index contributed by atoms with van der Waals surface area (Å²) >= 11 is 0. The summed E-state index contributed by atoms with van der Waals surface area (Å²) in [4.78, 5) is 24.7. The molecule has 2 heterocycles. The van der Waals surface area contributed by atoms with E-state index in [1.54, 1.807) is 11.9 Å². The summed E-state index contributed by atoms with van der Waals surface area (Å²) in [6, 6.07) is 0.249. The fourth-order valence-corrected chi connectivity index (χ4v) is 2.14. The molecule has 0 saturated carbocycles. The van der Waals surface area contributed by atoms with Crippen LogP contribution in [0.25, 0.3) is 0 Å². The molecule has 0 bridgehead atoms. The highest BCUT2D eigenvalue weighted by Gasteiger charge is 2.33. The third-order valence-electron chi connectivity index (χ3n) is 3.12. The molecular weight excluding hydrogens is 194 g/mol. The summed E-state index contributed by atoms with van der Waals surface area (Å²) < 4.78 is 0. The summed E-state index contributed by atoms with van der Waals surface area (Å²) in [6.45, 7) is 2.38. The third-order valence-corrected chi connectivity index (χ3v) is 3.12. The number of hydrogen-bond acceptors (Lipinski definition) is 3. The van der Waals surface area contributed by atoms with Crippen molar-refractivity contribution in [1.29, 1.82) is 0 Å². The molecule has 0 aliphatic carbocycles. The second kappa shape index (κ2) is 4.18. The first-order valence-corrected chi connectivity index (χ1v) is 5.42. The Kier molecular flexibility index (Phi) is 2.90.